The van der Waals surface area contributed by atoms with Crippen molar-refractivity contribution in [2.75, 3.05) is 0 Å². The Hall–Kier alpha value is -1.55. The van der Waals surface area contributed by atoms with Crippen molar-refractivity contribution in [1.82, 2.24) is 9.55 Å². The minimum Gasteiger partial charge on any atom is -0.466 e. The smallest absolute Gasteiger partial charge is 0.111 e. The van der Waals surface area contributed by atoms with Gasteiger partial charge >= 0.3 is 0 Å². The summed E-state index contributed by atoms with van der Waals surface area (Å²) in [6, 6.07) is 0. The van der Waals surface area contributed by atoms with Gasteiger partial charge in [-0.3, -0.25) is 0 Å². The third kappa shape index (κ3) is 2.20. The maximum atomic E-state index is 10.4. The zero-order valence-electron chi connectivity index (χ0n) is 11.4. The van der Waals surface area contributed by atoms with Crippen molar-refractivity contribution >= 4 is 0 Å². The number of aliphatic hydroxyl groups is 1. The van der Waals surface area contributed by atoms with Gasteiger partial charge in [-0.25, -0.2) is 4.98 Å². The first-order chi connectivity index (χ1) is 8.54. The van der Waals surface area contributed by atoms with Crippen LogP contribution in [0, 0.1) is 20.8 Å². The van der Waals surface area contributed by atoms with Crippen molar-refractivity contribution in [1.29, 1.82) is 0 Å². The molecule has 0 aromatic carbocycles. The minimum absolute atomic E-state index is 0.515. The highest BCUT2D eigenvalue weighted by atomic mass is 16.3. The molecule has 2 rings (SSSR count). The normalized spacial score (nSPS) is 12.9. The molecular weight excluding hydrogens is 228 g/mol. The Kier molecular flexibility index (Phi) is 3.57. The van der Waals surface area contributed by atoms with Crippen molar-refractivity contribution in [3.8, 4) is 0 Å². The lowest BCUT2D eigenvalue weighted by Gasteiger charge is -2.12. The lowest BCUT2D eigenvalue weighted by molar-refractivity contribution is 0.172. The Morgan fingerprint density at radius 2 is 2.06 bits per heavy atom. The molecule has 0 spiro atoms. The summed E-state index contributed by atoms with van der Waals surface area (Å²) in [7, 11) is 0. The highest BCUT2D eigenvalue weighted by Gasteiger charge is 2.20. The van der Waals surface area contributed by atoms with Gasteiger partial charge in [0.15, 0.2) is 0 Å². The van der Waals surface area contributed by atoms with Gasteiger partial charge < -0.3 is 14.1 Å². The number of furan rings is 1. The van der Waals surface area contributed by atoms with Gasteiger partial charge in [0.05, 0.1) is 6.10 Å². The molecule has 1 unspecified atom stereocenters. The molecule has 0 aliphatic rings. The second-order valence-electron chi connectivity index (χ2n) is 4.60. The molecule has 0 fully saturated rings. The summed E-state index contributed by atoms with van der Waals surface area (Å²) in [5.41, 5.74) is 1.94. The van der Waals surface area contributed by atoms with Crippen LogP contribution in [0.5, 0.6) is 0 Å². The number of aliphatic hydroxyl groups excluding tert-OH is 1. The molecule has 4 nitrogen and oxygen atoms in total. The van der Waals surface area contributed by atoms with Crippen molar-refractivity contribution in [3.63, 3.8) is 0 Å². The fraction of sp³-hybridized carbons (Fsp3) is 0.500. The topological polar surface area (TPSA) is 51.2 Å². The van der Waals surface area contributed by atoms with Crippen LogP contribution in [0.2, 0.25) is 0 Å². The predicted octanol–water partition coefficient (Wildman–Crippen LogP) is 2.70. The molecule has 0 saturated carbocycles. The Balaban J connectivity index is 2.24. The van der Waals surface area contributed by atoms with Gasteiger partial charge in [0, 0.05) is 30.9 Å². The number of aryl methyl sites for hydroxylation is 3. The Morgan fingerprint density at radius 3 is 2.61 bits per heavy atom. The molecule has 0 aliphatic heterocycles. The van der Waals surface area contributed by atoms with Crippen LogP contribution >= 0.6 is 0 Å². The van der Waals surface area contributed by atoms with Gasteiger partial charge in [-0.15, -0.1) is 0 Å². The number of hydrogen-bond acceptors (Lipinski definition) is 3. The number of imidazole rings is 1. The molecule has 1 N–H and O–H groups in total. The maximum Gasteiger partial charge on any atom is 0.111 e. The number of nitrogens with zero attached hydrogens (tertiary/aromatic N) is 2. The van der Waals surface area contributed by atoms with Gasteiger partial charge in [0.25, 0.3) is 0 Å². The van der Waals surface area contributed by atoms with Gasteiger partial charge in [-0.2, -0.15) is 0 Å². The van der Waals surface area contributed by atoms with Crippen molar-refractivity contribution in [3.05, 3.63) is 40.9 Å². The third-order valence-corrected chi connectivity index (χ3v) is 3.47. The highest BCUT2D eigenvalue weighted by molar-refractivity contribution is 5.33. The Morgan fingerprint density at radius 1 is 1.33 bits per heavy atom. The van der Waals surface area contributed by atoms with E-state index in [4.69, 9.17) is 4.42 Å². The minimum atomic E-state index is -0.560. The van der Waals surface area contributed by atoms with E-state index in [1.807, 2.05) is 31.5 Å². The van der Waals surface area contributed by atoms with Crippen molar-refractivity contribution in [2.45, 2.75) is 46.8 Å². The van der Waals surface area contributed by atoms with Crippen molar-refractivity contribution < 1.29 is 9.52 Å². The molecule has 1 atom stereocenters. The monoisotopic (exact) mass is 248 g/mol. The zero-order chi connectivity index (χ0) is 13.3. The van der Waals surface area contributed by atoms with E-state index < -0.39 is 6.10 Å². The maximum absolute atomic E-state index is 10.4. The molecule has 0 radical (unpaired) electrons. The van der Waals surface area contributed by atoms with E-state index in [1.54, 1.807) is 6.20 Å². The fourth-order valence-electron chi connectivity index (χ4n) is 2.39. The molecular formula is C14H20N2O2. The number of aromatic nitrogens is 2. The first-order valence-electron chi connectivity index (χ1n) is 6.29. The quantitative estimate of drug-likeness (QED) is 0.905. The summed E-state index contributed by atoms with van der Waals surface area (Å²) in [6.45, 7) is 8.73. The molecule has 4 heteroatoms. The molecule has 2 heterocycles. The van der Waals surface area contributed by atoms with E-state index >= 15 is 0 Å². The summed E-state index contributed by atoms with van der Waals surface area (Å²) in [4.78, 5) is 4.29. The first kappa shape index (κ1) is 12.9. The molecule has 2 aromatic heterocycles. The molecule has 18 heavy (non-hydrogen) atoms. The van der Waals surface area contributed by atoms with Crippen LogP contribution in [0.3, 0.4) is 0 Å². The summed E-state index contributed by atoms with van der Waals surface area (Å²) in [5, 5.41) is 10.4. The summed E-state index contributed by atoms with van der Waals surface area (Å²) < 4.78 is 7.60. The fourth-order valence-corrected chi connectivity index (χ4v) is 2.39. The molecule has 2 aromatic rings. The van der Waals surface area contributed by atoms with Crippen molar-refractivity contribution in [2.24, 2.45) is 0 Å². The van der Waals surface area contributed by atoms with Gasteiger partial charge in [-0.1, -0.05) is 0 Å². The molecule has 98 valence electrons. The number of hydrogen-bond donors (Lipinski definition) is 1. The van der Waals surface area contributed by atoms with Gasteiger partial charge in [0.1, 0.15) is 17.3 Å². The Labute approximate surface area is 107 Å². The van der Waals surface area contributed by atoms with E-state index in [0.29, 0.717) is 6.42 Å². The second kappa shape index (κ2) is 4.98. The van der Waals surface area contributed by atoms with E-state index in [9.17, 15) is 5.11 Å². The van der Waals surface area contributed by atoms with Crippen LogP contribution in [0.4, 0.5) is 0 Å². The summed E-state index contributed by atoms with van der Waals surface area (Å²) in [5.74, 6) is 2.58. The summed E-state index contributed by atoms with van der Waals surface area (Å²) in [6.07, 6.45) is 3.66. The zero-order valence-corrected chi connectivity index (χ0v) is 11.4. The standard InChI is InChI=1S/C14H20N2O2/c1-5-16-7-6-15-13(16)8-12(17)14-9(2)10(3)18-11(14)4/h6-7,12,17H,5,8H2,1-4H3. The van der Waals surface area contributed by atoms with Crippen LogP contribution in [-0.2, 0) is 13.0 Å². The summed E-state index contributed by atoms with van der Waals surface area (Å²) >= 11 is 0. The number of rotatable bonds is 4. The highest BCUT2D eigenvalue weighted by Crippen LogP contribution is 2.28. The van der Waals surface area contributed by atoms with Crippen LogP contribution in [0.25, 0.3) is 0 Å². The predicted molar refractivity (Wildman–Crippen MR) is 69.5 cm³/mol. The SMILES string of the molecule is CCn1ccnc1CC(O)c1c(C)oc(C)c1C. The van der Waals surface area contributed by atoms with Gasteiger partial charge in [0.2, 0.25) is 0 Å². The Bertz CT molecular complexity index is 540. The van der Waals surface area contributed by atoms with E-state index in [0.717, 1.165) is 35.0 Å². The lowest BCUT2D eigenvalue weighted by Crippen LogP contribution is -2.09. The van der Waals surface area contributed by atoms with E-state index in [-0.39, 0.29) is 0 Å². The largest absolute Gasteiger partial charge is 0.466 e. The molecule has 0 aliphatic carbocycles. The van der Waals surface area contributed by atoms with E-state index in [1.165, 1.54) is 0 Å². The van der Waals surface area contributed by atoms with Crippen LogP contribution < -0.4 is 0 Å². The third-order valence-electron chi connectivity index (χ3n) is 3.47. The lowest BCUT2D eigenvalue weighted by atomic mass is 10.0. The average molecular weight is 248 g/mol. The first-order valence-corrected chi connectivity index (χ1v) is 6.29. The second-order valence-corrected chi connectivity index (χ2v) is 4.60. The van der Waals surface area contributed by atoms with Gasteiger partial charge in [-0.05, 0) is 33.3 Å². The average Bonchev–Trinajstić information content (AvgIpc) is 2.85. The van der Waals surface area contributed by atoms with Crippen LogP contribution in [-0.4, -0.2) is 14.7 Å². The molecule has 0 saturated heterocycles. The molecule has 0 amide bonds. The van der Waals surface area contributed by atoms with Crippen LogP contribution in [0.15, 0.2) is 16.8 Å². The van der Waals surface area contributed by atoms with Crippen LogP contribution in [0.1, 0.15) is 41.5 Å². The molecule has 0 bridgehead atoms. The van der Waals surface area contributed by atoms with E-state index in [2.05, 4.69) is 11.9 Å².